The minimum absolute atomic E-state index is 0.141. The minimum Gasteiger partial charge on any atom is -0.492 e. The Bertz CT molecular complexity index is 812. The van der Waals surface area contributed by atoms with E-state index in [0.29, 0.717) is 5.69 Å². The van der Waals surface area contributed by atoms with Gasteiger partial charge in [0.25, 0.3) is 5.56 Å². The van der Waals surface area contributed by atoms with Gasteiger partial charge in [-0.1, -0.05) is 18.2 Å². The molecule has 2 N–H and O–H groups in total. The van der Waals surface area contributed by atoms with Gasteiger partial charge < -0.3 is 10.1 Å². The number of nitrogens with zero attached hydrogens (tertiary/aromatic N) is 4. The zero-order valence-electron chi connectivity index (χ0n) is 9.99. The van der Waals surface area contributed by atoms with Gasteiger partial charge >= 0.3 is 0 Å². The van der Waals surface area contributed by atoms with E-state index >= 15 is 0 Å². The second kappa shape index (κ2) is 5.04. The number of aromatic amines is 1. The standard InChI is InChI=1S/C12H8IN5O2/c13-9-11(19)15-10(16-12(9)20)8-6-14-18(17-8)7-4-2-1-3-5-7/h1-6H,(H2,15,16,19,20). The Morgan fingerprint density at radius 3 is 2.70 bits per heavy atom. The molecule has 2 aromatic heterocycles. The van der Waals surface area contributed by atoms with E-state index < -0.39 is 5.56 Å². The predicted molar refractivity (Wildman–Crippen MR) is 79.6 cm³/mol. The molecule has 8 heteroatoms. The van der Waals surface area contributed by atoms with E-state index in [-0.39, 0.29) is 15.3 Å². The Morgan fingerprint density at radius 2 is 2.00 bits per heavy atom. The normalized spacial score (nSPS) is 10.7. The van der Waals surface area contributed by atoms with Crippen LogP contribution < -0.4 is 5.56 Å². The van der Waals surface area contributed by atoms with Crippen molar-refractivity contribution < 1.29 is 5.11 Å². The lowest BCUT2D eigenvalue weighted by Crippen LogP contribution is -2.12. The lowest BCUT2D eigenvalue weighted by Gasteiger charge is -1.99. The van der Waals surface area contributed by atoms with Gasteiger partial charge in [-0.05, 0) is 34.7 Å². The van der Waals surface area contributed by atoms with Gasteiger partial charge in [-0.2, -0.15) is 14.9 Å². The Kier molecular flexibility index (Phi) is 3.22. The monoisotopic (exact) mass is 381 g/mol. The molecule has 0 aliphatic rings. The van der Waals surface area contributed by atoms with Gasteiger partial charge in [0.15, 0.2) is 5.82 Å². The van der Waals surface area contributed by atoms with Crippen LogP contribution in [-0.2, 0) is 0 Å². The highest BCUT2D eigenvalue weighted by atomic mass is 127. The van der Waals surface area contributed by atoms with E-state index in [2.05, 4.69) is 20.2 Å². The highest BCUT2D eigenvalue weighted by molar-refractivity contribution is 14.1. The molecule has 0 atom stereocenters. The molecule has 1 aromatic carbocycles. The highest BCUT2D eigenvalue weighted by Gasteiger charge is 2.12. The number of hydrogen-bond donors (Lipinski definition) is 2. The molecule has 0 bridgehead atoms. The largest absolute Gasteiger partial charge is 0.492 e. The summed E-state index contributed by atoms with van der Waals surface area (Å²) in [4.78, 5) is 19.4. The van der Waals surface area contributed by atoms with Crippen LogP contribution >= 0.6 is 22.6 Å². The maximum Gasteiger partial charge on any atom is 0.268 e. The number of halogens is 1. The lowest BCUT2D eigenvalue weighted by atomic mass is 10.3. The number of para-hydroxylation sites is 1. The van der Waals surface area contributed by atoms with Crippen LogP contribution in [0.1, 0.15) is 0 Å². The summed E-state index contributed by atoms with van der Waals surface area (Å²) in [5.74, 6) is -0.145. The number of nitrogens with one attached hydrogen (secondary N) is 1. The van der Waals surface area contributed by atoms with E-state index in [4.69, 9.17) is 0 Å². The average Bonchev–Trinajstić information content (AvgIpc) is 2.95. The summed E-state index contributed by atoms with van der Waals surface area (Å²) in [6, 6.07) is 9.34. The summed E-state index contributed by atoms with van der Waals surface area (Å²) >= 11 is 1.72. The molecule has 0 amide bonds. The fraction of sp³-hybridized carbons (Fsp3) is 0. The molecule has 0 saturated heterocycles. The second-order valence-electron chi connectivity index (χ2n) is 3.91. The average molecular weight is 381 g/mol. The van der Waals surface area contributed by atoms with E-state index in [1.54, 1.807) is 22.6 Å². The molecule has 0 radical (unpaired) electrons. The Labute approximate surface area is 126 Å². The van der Waals surface area contributed by atoms with Gasteiger partial charge in [-0.25, -0.2) is 0 Å². The molecule has 7 nitrogen and oxygen atoms in total. The molecule has 0 fully saturated rings. The molecule has 20 heavy (non-hydrogen) atoms. The summed E-state index contributed by atoms with van der Waals surface area (Å²) in [6.45, 7) is 0. The molecule has 0 aliphatic heterocycles. The fourth-order valence-electron chi connectivity index (χ4n) is 1.63. The van der Waals surface area contributed by atoms with Crippen molar-refractivity contribution in [1.82, 2.24) is 25.0 Å². The quantitative estimate of drug-likeness (QED) is 0.653. The maximum absolute atomic E-state index is 11.6. The number of aromatic nitrogens is 5. The van der Waals surface area contributed by atoms with Crippen LogP contribution in [0.4, 0.5) is 0 Å². The number of aromatic hydroxyl groups is 1. The van der Waals surface area contributed by atoms with Gasteiger partial charge in [0.05, 0.1) is 11.9 Å². The van der Waals surface area contributed by atoms with Crippen LogP contribution in [-0.4, -0.2) is 30.1 Å². The molecule has 3 rings (SSSR count). The first kappa shape index (κ1) is 12.8. The molecule has 2 heterocycles. The van der Waals surface area contributed by atoms with Gasteiger partial charge in [0, 0.05) is 0 Å². The molecule has 100 valence electrons. The third-order valence-corrected chi connectivity index (χ3v) is 3.54. The zero-order chi connectivity index (χ0) is 14.1. The first-order chi connectivity index (χ1) is 9.65. The topological polar surface area (TPSA) is 96.7 Å². The van der Waals surface area contributed by atoms with Crippen molar-refractivity contribution in [2.45, 2.75) is 0 Å². The molecule has 3 aromatic rings. The summed E-state index contributed by atoms with van der Waals surface area (Å²) in [6.07, 6.45) is 1.47. The van der Waals surface area contributed by atoms with Crippen molar-refractivity contribution >= 4 is 22.6 Å². The summed E-state index contributed by atoms with van der Waals surface area (Å²) in [7, 11) is 0. The third-order valence-electron chi connectivity index (χ3n) is 2.57. The van der Waals surface area contributed by atoms with Crippen molar-refractivity contribution in [3.63, 3.8) is 0 Å². The predicted octanol–water partition coefficient (Wildman–Crippen LogP) is 1.33. The van der Waals surface area contributed by atoms with E-state index in [9.17, 15) is 9.90 Å². The third kappa shape index (κ3) is 2.29. The summed E-state index contributed by atoms with van der Waals surface area (Å²) in [5, 5.41) is 17.9. The van der Waals surface area contributed by atoms with Crippen molar-refractivity contribution in [3.8, 4) is 23.1 Å². The zero-order valence-corrected chi connectivity index (χ0v) is 12.1. The fourth-order valence-corrected chi connectivity index (χ4v) is 1.88. The number of benzene rings is 1. The first-order valence-electron chi connectivity index (χ1n) is 5.62. The van der Waals surface area contributed by atoms with E-state index in [1.807, 2.05) is 30.3 Å². The molecule has 0 aliphatic carbocycles. The second-order valence-corrected chi connectivity index (χ2v) is 4.99. The van der Waals surface area contributed by atoms with Crippen LogP contribution in [0.25, 0.3) is 17.2 Å². The van der Waals surface area contributed by atoms with Crippen molar-refractivity contribution in [3.05, 3.63) is 50.5 Å². The van der Waals surface area contributed by atoms with E-state index in [0.717, 1.165) is 5.69 Å². The van der Waals surface area contributed by atoms with Gasteiger partial charge in [-0.15, -0.1) is 5.10 Å². The molecular formula is C12H8IN5O2. The summed E-state index contributed by atoms with van der Waals surface area (Å²) < 4.78 is 0.141. The van der Waals surface area contributed by atoms with Crippen molar-refractivity contribution in [1.29, 1.82) is 0 Å². The SMILES string of the molecule is O=c1[nH]c(-c2cnn(-c3ccccc3)n2)nc(O)c1I. The molecular weight excluding hydrogens is 373 g/mol. The van der Waals surface area contributed by atoms with Gasteiger partial charge in [0.2, 0.25) is 5.88 Å². The molecule has 0 unspecified atom stereocenters. The van der Waals surface area contributed by atoms with Crippen molar-refractivity contribution in [2.24, 2.45) is 0 Å². The van der Waals surface area contributed by atoms with Crippen LogP contribution in [0.15, 0.2) is 41.3 Å². The van der Waals surface area contributed by atoms with Crippen LogP contribution in [0, 0.1) is 3.57 Å². The molecule has 0 spiro atoms. The van der Waals surface area contributed by atoms with Crippen LogP contribution in [0.5, 0.6) is 5.88 Å². The Hall–Kier alpha value is -2.23. The summed E-state index contributed by atoms with van der Waals surface area (Å²) in [5.41, 5.74) is 0.746. The number of rotatable bonds is 2. The van der Waals surface area contributed by atoms with Crippen molar-refractivity contribution in [2.75, 3.05) is 0 Å². The smallest absolute Gasteiger partial charge is 0.268 e. The molecule has 0 saturated carbocycles. The first-order valence-corrected chi connectivity index (χ1v) is 6.70. The number of hydrogen-bond acceptors (Lipinski definition) is 5. The van der Waals surface area contributed by atoms with Gasteiger partial charge in [0.1, 0.15) is 9.26 Å². The maximum atomic E-state index is 11.6. The lowest BCUT2D eigenvalue weighted by molar-refractivity contribution is 0.447. The minimum atomic E-state index is -0.414. The Morgan fingerprint density at radius 1 is 1.25 bits per heavy atom. The Balaban J connectivity index is 2.05. The van der Waals surface area contributed by atoms with Crippen LogP contribution in [0.3, 0.4) is 0 Å². The van der Waals surface area contributed by atoms with Gasteiger partial charge in [-0.3, -0.25) is 4.79 Å². The van der Waals surface area contributed by atoms with E-state index in [1.165, 1.54) is 11.0 Å². The highest BCUT2D eigenvalue weighted by Crippen LogP contribution is 2.16. The van der Waals surface area contributed by atoms with Crippen LogP contribution in [0.2, 0.25) is 0 Å². The number of H-pyrrole nitrogens is 1.